The molecule has 7 nitrogen and oxygen atoms in total. The number of benzene rings is 2. The highest BCUT2D eigenvalue weighted by Gasteiger charge is 2.29. The third-order valence-electron chi connectivity index (χ3n) is 3.97. The molecular formula is C18H14ClN5O2. The third kappa shape index (κ3) is 3.43. The Bertz CT molecular complexity index is 954. The maximum absolute atomic E-state index is 12.5. The van der Waals surface area contributed by atoms with E-state index in [1.54, 1.807) is 29.4 Å². The van der Waals surface area contributed by atoms with Crippen LogP contribution in [0.4, 0.5) is 5.69 Å². The number of hydrogen-bond donors (Lipinski definition) is 1. The number of oxime groups is 1. The van der Waals surface area contributed by atoms with Crippen molar-refractivity contribution in [2.24, 2.45) is 5.16 Å². The monoisotopic (exact) mass is 367 g/mol. The standard InChI is InChI=1S/C18H14ClN5O2/c19-13-6-4-12(5-7-13)16-9-17(26-23-16)18(25)22-14-2-1-3-15(8-14)24-10-20-21-11-24/h1-8,10-11,17H,9H2,(H,22,25)/t17-/m1/s1. The summed E-state index contributed by atoms with van der Waals surface area (Å²) in [6, 6.07) is 14.6. The summed E-state index contributed by atoms with van der Waals surface area (Å²) in [6.07, 6.45) is 2.92. The van der Waals surface area contributed by atoms with E-state index in [9.17, 15) is 4.79 Å². The lowest BCUT2D eigenvalue weighted by Gasteiger charge is -2.10. The molecule has 2 heterocycles. The van der Waals surface area contributed by atoms with E-state index in [1.807, 2.05) is 36.4 Å². The molecule has 1 aromatic heterocycles. The highest BCUT2D eigenvalue weighted by atomic mass is 35.5. The van der Waals surface area contributed by atoms with Gasteiger partial charge in [-0.2, -0.15) is 0 Å². The Morgan fingerprint density at radius 3 is 2.69 bits per heavy atom. The number of nitrogens with zero attached hydrogens (tertiary/aromatic N) is 4. The number of nitrogens with one attached hydrogen (secondary N) is 1. The van der Waals surface area contributed by atoms with E-state index in [-0.39, 0.29) is 5.91 Å². The van der Waals surface area contributed by atoms with Gasteiger partial charge in [0.25, 0.3) is 5.91 Å². The number of rotatable bonds is 4. The fraction of sp³-hybridized carbons (Fsp3) is 0.111. The van der Waals surface area contributed by atoms with Gasteiger partial charge in [-0.05, 0) is 35.9 Å². The zero-order valence-electron chi connectivity index (χ0n) is 13.5. The molecule has 26 heavy (non-hydrogen) atoms. The van der Waals surface area contributed by atoms with Gasteiger partial charge in [0.15, 0.2) is 0 Å². The predicted molar refractivity (Wildman–Crippen MR) is 97.5 cm³/mol. The van der Waals surface area contributed by atoms with Crippen LogP contribution in [0.3, 0.4) is 0 Å². The van der Waals surface area contributed by atoms with Gasteiger partial charge in [0, 0.05) is 17.1 Å². The molecule has 0 saturated carbocycles. The first-order valence-corrected chi connectivity index (χ1v) is 8.31. The van der Waals surface area contributed by atoms with Crippen LogP contribution in [-0.4, -0.2) is 32.5 Å². The van der Waals surface area contributed by atoms with Gasteiger partial charge in [0.2, 0.25) is 6.10 Å². The van der Waals surface area contributed by atoms with Gasteiger partial charge in [0.05, 0.1) is 11.4 Å². The molecule has 0 fully saturated rings. The maximum Gasteiger partial charge on any atom is 0.268 e. The molecule has 8 heteroatoms. The minimum atomic E-state index is -0.667. The summed E-state index contributed by atoms with van der Waals surface area (Å²) in [4.78, 5) is 17.8. The Morgan fingerprint density at radius 1 is 1.15 bits per heavy atom. The molecule has 130 valence electrons. The van der Waals surface area contributed by atoms with Crippen LogP contribution in [0.5, 0.6) is 0 Å². The van der Waals surface area contributed by atoms with Crippen LogP contribution in [0.1, 0.15) is 12.0 Å². The molecule has 2 aromatic carbocycles. The van der Waals surface area contributed by atoms with Crippen molar-refractivity contribution in [1.82, 2.24) is 14.8 Å². The molecule has 1 aliphatic heterocycles. The summed E-state index contributed by atoms with van der Waals surface area (Å²) < 4.78 is 1.75. The summed E-state index contributed by atoms with van der Waals surface area (Å²) in [5.74, 6) is -0.251. The molecule has 3 aromatic rings. The predicted octanol–water partition coefficient (Wildman–Crippen LogP) is 3.05. The SMILES string of the molecule is O=C(Nc1cccc(-n2cnnc2)c1)[C@H]1CC(c2ccc(Cl)cc2)=NO1. The smallest absolute Gasteiger partial charge is 0.268 e. The molecule has 0 aliphatic carbocycles. The normalized spacial score (nSPS) is 16.0. The van der Waals surface area contributed by atoms with Gasteiger partial charge >= 0.3 is 0 Å². The number of hydrogen-bond acceptors (Lipinski definition) is 5. The Hall–Kier alpha value is -3.19. The van der Waals surface area contributed by atoms with Crippen LogP contribution in [0.25, 0.3) is 5.69 Å². The van der Waals surface area contributed by atoms with E-state index < -0.39 is 6.10 Å². The second-order valence-corrected chi connectivity index (χ2v) is 6.19. The first kappa shape index (κ1) is 16.3. The lowest BCUT2D eigenvalue weighted by molar-refractivity contribution is -0.125. The second-order valence-electron chi connectivity index (χ2n) is 5.75. The van der Waals surface area contributed by atoms with Crippen molar-refractivity contribution in [3.63, 3.8) is 0 Å². The minimum Gasteiger partial charge on any atom is -0.382 e. The number of anilines is 1. The van der Waals surface area contributed by atoms with Gasteiger partial charge in [-0.25, -0.2) is 0 Å². The third-order valence-corrected chi connectivity index (χ3v) is 4.22. The second kappa shape index (κ2) is 6.97. The van der Waals surface area contributed by atoms with E-state index in [4.69, 9.17) is 16.4 Å². The molecule has 0 bridgehead atoms. The van der Waals surface area contributed by atoms with Crippen molar-refractivity contribution < 1.29 is 9.63 Å². The quantitative estimate of drug-likeness (QED) is 0.768. The van der Waals surface area contributed by atoms with Crippen molar-refractivity contribution in [2.75, 3.05) is 5.32 Å². The molecule has 1 atom stereocenters. The van der Waals surface area contributed by atoms with Gasteiger partial charge in [0.1, 0.15) is 12.7 Å². The van der Waals surface area contributed by atoms with Gasteiger partial charge in [-0.1, -0.05) is 35.0 Å². The Morgan fingerprint density at radius 2 is 1.92 bits per heavy atom. The summed E-state index contributed by atoms with van der Waals surface area (Å²) in [7, 11) is 0. The Labute approximate surface area is 154 Å². The van der Waals surface area contributed by atoms with E-state index in [0.29, 0.717) is 17.1 Å². The first-order valence-electron chi connectivity index (χ1n) is 7.93. The summed E-state index contributed by atoms with van der Waals surface area (Å²) >= 11 is 5.89. The number of halogens is 1. The van der Waals surface area contributed by atoms with Crippen LogP contribution < -0.4 is 5.32 Å². The van der Waals surface area contributed by atoms with Crippen LogP contribution in [-0.2, 0) is 9.63 Å². The average Bonchev–Trinajstić information content (AvgIpc) is 3.35. The van der Waals surface area contributed by atoms with Crippen molar-refractivity contribution in [1.29, 1.82) is 0 Å². The number of aromatic nitrogens is 3. The van der Waals surface area contributed by atoms with Gasteiger partial charge < -0.3 is 10.2 Å². The van der Waals surface area contributed by atoms with Crippen LogP contribution in [0.2, 0.25) is 5.02 Å². The molecule has 1 amide bonds. The van der Waals surface area contributed by atoms with E-state index in [1.165, 1.54) is 0 Å². The molecule has 0 saturated heterocycles. The summed E-state index contributed by atoms with van der Waals surface area (Å²) in [6.45, 7) is 0. The molecule has 0 spiro atoms. The van der Waals surface area contributed by atoms with Crippen LogP contribution in [0, 0.1) is 0 Å². The average molecular weight is 368 g/mol. The van der Waals surface area contributed by atoms with Crippen molar-refractivity contribution in [3.05, 3.63) is 71.8 Å². The van der Waals surface area contributed by atoms with E-state index in [2.05, 4.69) is 20.7 Å². The Kier molecular flexibility index (Phi) is 4.37. The Balaban J connectivity index is 1.42. The summed E-state index contributed by atoms with van der Waals surface area (Å²) in [5.41, 5.74) is 3.11. The van der Waals surface area contributed by atoms with Crippen molar-refractivity contribution >= 4 is 28.9 Å². The van der Waals surface area contributed by atoms with E-state index >= 15 is 0 Å². The molecule has 4 rings (SSSR count). The minimum absolute atomic E-state index is 0.251. The molecule has 0 unspecified atom stereocenters. The van der Waals surface area contributed by atoms with Crippen molar-refractivity contribution in [3.8, 4) is 5.69 Å². The van der Waals surface area contributed by atoms with Crippen LogP contribution in [0.15, 0.2) is 66.3 Å². The van der Waals surface area contributed by atoms with Crippen molar-refractivity contribution in [2.45, 2.75) is 12.5 Å². The molecule has 1 aliphatic rings. The molecular weight excluding hydrogens is 354 g/mol. The fourth-order valence-electron chi connectivity index (χ4n) is 2.63. The molecule has 1 N–H and O–H groups in total. The highest BCUT2D eigenvalue weighted by Crippen LogP contribution is 2.21. The largest absolute Gasteiger partial charge is 0.382 e. The lowest BCUT2D eigenvalue weighted by atomic mass is 10.0. The maximum atomic E-state index is 12.5. The van der Waals surface area contributed by atoms with E-state index in [0.717, 1.165) is 17.0 Å². The van der Waals surface area contributed by atoms with Gasteiger partial charge in [-0.15, -0.1) is 10.2 Å². The van der Waals surface area contributed by atoms with Crippen LogP contribution >= 0.6 is 11.6 Å². The first-order chi connectivity index (χ1) is 12.7. The lowest BCUT2D eigenvalue weighted by Crippen LogP contribution is -2.28. The van der Waals surface area contributed by atoms with Gasteiger partial charge in [-0.3, -0.25) is 9.36 Å². The highest BCUT2D eigenvalue weighted by molar-refractivity contribution is 6.30. The topological polar surface area (TPSA) is 81.4 Å². The summed E-state index contributed by atoms with van der Waals surface area (Å²) in [5, 5.41) is 15.1. The zero-order valence-corrected chi connectivity index (χ0v) is 14.3. The number of carbonyl (C=O) groups is 1. The molecule has 0 radical (unpaired) electrons. The number of carbonyl (C=O) groups excluding carboxylic acids is 1. The fourth-order valence-corrected chi connectivity index (χ4v) is 2.76. The zero-order chi connectivity index (χ0) is 17.9. The number of amides is 1.